The summed E-state index contributed by atoms with van der Waals surface area (Å²) in [5.41, 5.74) is 4.02. The Labute approximate surface area is 180 Å². The number of ether oxygens (including phenoxy) is 2. The molecular formula is C24H23N3O4. The van der Waals surface area contributed by atoms with E-state index in [-0.39, 0.29) is 5.91 Å². The number of unbranched alkanes of at least 4 members (excludes halogenated alkanes) is 1. The lowest BCUT2D eigenvalue weighted by molar-refractivity contribution is 0.0734. The molecule has 1 N–H and O–H groups in total. The van der Waals surface area contributed by atoms with Crippen molar-refractivity contribution in [2.24, 2.45) is 5.10 Å². The van der Waals surface area contributed by atoms with Gasteiger partial charge in [-0.05, 0) is 72.6 Å². The van der Waals surface area contributed by atoms with Gasteiger partial charge in [0.15, 0.2) is 0 Å². The largest absolute Gasteiger partial charge is 0.494 e. The topological polar surface area (TPSA) is 89.9 Å². The molecule has 3 aromatic rings. The van der Waals surface area contributed by atoms with E-state index in [1.165, 1.54) is 12.4 Å². The standard InChI is InChI=1S/C24H23N3O4/c1-2-3-15-30-21-12-8-19(9-13-21)24(29)31-22-10-6-18(7-11-22)16-26-27-23(28)20-5-4-14-25-17-20/h4-14,16-17H,2-3,15H2,1H3,(H,27,28)/b26-16-. The predicted molar refractivity (Wildman–Crippen MR) is 118 cm³/mol. The van der Waals surface area contributed by atoms with Crippen LogP contribution in [0.5, 0.6) is 11.5 Å². The summed E-state index contributed by atoms with van der Waals surface area (Å²) in [4.78, 5) is 28.1. The van der Waals surface area contributed by atoms with Crippen LogP contribution in [0.2, 0.25) is 0 Å². The highest BCUT2D eigenvalue weighted by Crippen LogP contribution is 2.16. The molecule has 0 atom stereocenters. The number of nitrogens with one attached hydrogen (secondary N) is 1. The van der Waals surface area contributed by atoms with Crippen molar-refractivity contribution in [3.63, 3.8) is 0 Å². The van der Waals surface area contributed by atoms with Crippen LogP contribution in [0.4, 0.5) is 0 Å². The van der Waals surface area contributed by atoms with Crippen molar-refractivity contribution in [1.82, 2.24) is 10.4 Å². The highest BCUT2D eigenvalue weighted by Gasteiger charge is 2.09. The molecule has 0 saturated heterocycles. The average molecular weight is 417 g/mol. The zero-order chi connectivity index (χ0) is 21.9. The third-order valence-electron chi connectivity index (χ3n) is 4.25. The van der Waals surface area contributed by atoms with Gasteiger partial charge in [0.1, 0.15) is 11.5 Å². The number of nitrogens with zero attached hydrogens (tertiary/aromatic N) is 2. The number of hydrogen-bond acceptors (Lipinski definition) is 6. The highest BCUT2D eigenvalue weighted by atomic mass is 16.5. The highest BCUT2D eigenvalue weighted by molar-refractivity contribution is 5.94. The molecule has 1 amide bonds. The maximum atomic E-state index is 12.3. The molecule has 0 bridgehead atoms. The third-order valence-corrected chi connectivity index (χ3v) is 4.25. The zero-order valence-corrected chi connectivity index (χ0v) is 17.2. The number of pyridine rings is 1. The minimum Gasteiger partial charge on any atom is -0.494 e. The van der Waals surface area contributed by atoms with Gasteiger partial charge in [0.05, 0.1) is 23.9 Å². The zero-order valence-electron chi connectivity index (χ0n) is 17.2. The minimum absolute atomic E-state index is 0.350. The van der Waals surface area contributed by atoms with E-state index in [4.69, 9.17) is 9.47 Å². The summed E-state index contributed by atoms with van der Waals surface area (Å²) in [7, 11) is 0. The molecule has 2 aromatic carbocycles. The molecule has 0 fully saturated rings. The number of aromatic nitrogens is 1. The van der Waals surface area contributed by atoms with E-state index in [0.717, 1.165) is 24.2 Å². The van der Waals surface area contributed by atoms with Crippen molar-refractivity contribution in [3.8, 4) is 11.5 Å². The monoisotopic (exact) mass is 417 g/mol. The molecule has 3 rings (SSSR count). The Morgan fingerprint density at radius 1 is 1.00 bits per heavy atom. The lowest BCUT2D eigenvalue weighted by Gasteiger charge is -2.07. The van der Waals surface area contributed by atoms with Crippen LogP contribution in [0.25, 0.3) is 0 Å². The van der Waals surface area contributed by atoms with Crippen LogP contribution in [0, 0.1) is 0 Å². The van der Waals surface area contributed by atoms with Gasteiger partial charge >= 0.3 is 5.97 Å². The number of esters is 1. The number of amides is 1. The Morgan fingerprint density at radius 2 is 1.74 bits per heavy atom. The molecule has 0 unspecified atom stereocenters. The number of hydrazone groups is 1. The van der Waals surface area contributed by atoms with Crippen LogP contribution in [-0.4, -0.2) is 29.7 Å². The molecule has 0 radical (unpaired) electrons. The number of benzene rings is 2. The summed E-state index contributed by atoms with van der Waals surface area (Å²) in [6, 6.07) is 17.0. The van der Waals surface area contributed by atoms with Gasteiger partial charge in [-0.2, -0.15) is 5.10 Å². The molecule has 1 heterocycles. The summed E-state index contributed by atoms with van der Waals surface area (Å²) in [5.74, 6) is 0.330. The first-order valence-electron chi connectivity index (χ1n) is 9.94. The molecule has 0 aliphatic rings. The van der Waals surface area contributed by atoms with Gasteiger partial charge in [0, 0.05) is 12.4 Å². The van der Waals surface area contributed by atoms with E-state index >= 15 is 0 Å². The fourth-order valence-electron chi connectivity index (χ4n) is 2.54. The molecule has 1 aromatic heterocycles. The number of hydrogen-bond donors (Lipinski definition) is 1. The summed E-state index contributed by atoms with van der Waals surface area (Å²) < 4.78 is 11.0. The summed E-state index contributed by atoms with van der Waals surface area (Å²) in [6.07, 6.45) is 6.60. The first kappa shape index (κ1) is 21.7. The van der Waals surface area contributed by atoms with Gasteiger partial charge in [-0.3, -0.25) is 9.78 Å². The fourth-order valence-corrected chi connectivity index (χ4v) is 2.54. The van der Waals surface area contributed by atoms with Gasteiger partial charge in [-0.25, -0.2) is 10.2 Å². The molecule has 0 saturated carbocycles. The quantitative estimate of drug-likeness (QED) is 0.185. The molecule has 31 heavy (non-hydrogen) atoms. The molecule has 0 aliphatic heterocycles. The van der Waals surface area contributed by atoms with E-state index in [1.807, 2.05) is 0 Å². The van der Waals surface area contributed by atoms with Gasteiger partial charge < -0.3 is 9.47 Å². The van der Waals surface area contributed by atoms with E-state index < -0.39 is 5.97 Å². The second-order valence-corrected chi connectivity index (χ2v) is 6.63. The SMILES string of the molecule is CCCCOc1ccc(C(=O)Oc2ccc(/C=N\NC(=O)c3cccnc3)cc2)cc1. The Balaban J connectivity index is 1.50. The van der Waals surface area contributed by atoms with Crippen LogP contribution in [0.15, 0.2) is 78.2 Å². The molecule has 0 spiro atoms. The summed E-state index contributed by atoms with van der Waals surface area (Å²) in [6.45, 7) is 2.76. The van der Waals surface area contributed by atoms with E-state index in [9.17, 15) is 9.59 Å². The van der Waals surface area contributed by atoms with Gasteiger partial charge in [0.25, 0.3) is 5.91 Å². The maximum Gasteiger partial charge on any atom is 0.343 e. The van der Waals surface area contributed by atoms with Crippen molar-refractivity contribution in [2.45, 2.75) is 19.8 Å². The second-order valence-electron chi connectivity index (χ2n) is 6.63. The lowest BCUT2D eigenvalue weighted by Crippen LogP contribution is -2.17. The average Bonchev–Trinajstić information content (AvgIpc) is 2.81. The van der Waals surface area contributed by atoms with E-state index in [1.54, 1.807) is 66.9 Å². The number of rotatable bonds is 9. The Hall–Kier alpha value is -4.00. The van der Waals surface area contributed by atoms with Crippen molar-refractivity contribution in [2.75, 3.05) is 6.61 Å². The van der Waals surface area contributed by atoms with Crippen molar-refractivity contribution < 1.29 is 19.1 Å². The number of carbonyl (C=O) groups is 2. The molecule has 158 valence electrons. The lowest BCUT2D eigenvalue weighted by atomic mass is 10.2. The van der Waals surface area contributed by atoms with Crippen molar-refractivity contribution >= 4 is 18.1 Å². The second kappa shape index (κ2) is 11.3. The Kier molecular flexibility index (Phi) is 7.88. The Morgan fingerprint density at radius 3 is 2.42 bits per heavy atom. The van der Waals surface area contributed by atoms with Crippen LogP contribution in [0.3, 0.4) is 0 Å². The number of carbonyl (C=O) groups excluding carboxylic acids is 2. The van der Waals surface area contributed by atoms with Gasteiger partial charge in [-0.1, -0.05) is 13.3 Å². The van der Waals surface area contributed by atoms with Crippen LogP contribution in [0.1, 0.15) is 46.0 Å². The fraction of sp³-hybridized carbons (Fsp3) is 0.167. The van der Waals surface area contributed by atoms with Crippen LogP contribution in [-0.2, 0) is 0 Å². The molecule has 0 aliphatic carbocycles. The summed E-state index contributed by atoms with van der Waals surface area (Å²) >= 11 is 0. The minimum atomic E-state index is -0.453. The molecular weight excluding hydrogens is 394 g/mol. The maximum absolute atomic E-state index is 12.3. The van der Waals surface area contributed by atoms with Crippen LogP contribution >= 0.6 is 0 Å². The normalized spacial score (nSPS) is 10.6. The van der Waals surface area contributed by atoms with E-state index in [2.05, 4.69) is 22.4 Å². The van der Waals surface area contributed by atoms with E-state index in [0.29, 0.717) is 23.5 Å². The predicted octanol–water partition coefficient (Wildman–Crippen LogP) is 4.24. The van der Waals surface area contributed by atoms with Gasteiger partial charge in [0.2, 0.25) is 0 Å². The first-order chi connectivity index (χ1) is 15.2. The first-order valence-corrected chi connectivity index (χ1v) is 9.94. The van der Waals surface area contributed by atoms with Crippen molar-refractivity contribution in [1.29, 1.82) is 0 Å². The summed E-state index contributed by atoms with van der Waals surface area (Å²) in [5, 5.41) is 3.92. The molecule has 7 heteroatoms. The third kappa shape index (κ3) is 6.78. The van der Waals surface area contributed by atoms with Crippen LogP contribution < -0.4 is 14.9 Å². The van der Waals surface area contributed by atoms with Gasteiger partial charge in [-0.15, -0.1) is 0 Å². The van der Waals surface area contributed by atoms with Crippen molar-refractivity contribution in [3.05, 3.63) is 89.7 Å². The molecule has 7 nitrogen and oxygen atoms in total. The smallest absolute Gasteiger partial charge is 0.343 e. The Bertz CT molecular complexity index is 1020.